The summed E-state index contributed by atoms with van der Waals surface area (Å²) in [5.41, 5.74) is 6.06. The summed E-state index contributed by atoms with van der Waals surface area (Å²) in [6, 6.07) is 17.1. The Bertz CT molecular complexity index is 1160. The maximum Gasteiger partial charge on any atom is 0.127 e. The van der Waals surface area contributed by atoms with Crippen molar-refractivity contribution in [2.45, 2.75) is 69.6 Å². The zero-order chi connectivity index (χ0) is 24.3. The zero-order valence-corrected chi connectivity index (χ0v) is 21.6. The summed E-state index contributed by atoms with van der Waals surface area (Å²) in [5, 5.41) is 7.94. The van der Waals surface area contributed by atoms with E-state index in [1.54, 1.807) is 0 Å². The Morgan fingerprint density at radius 3 is 2.71 bits per heavy atom. The van der Waals surface area contributed by atoms with Gasteiger partial charge in [0.25, 0.3) is 0 Å². The maximum absolute atomic E-state index is 6.65. The Morgan fingerprint density at radius 1 is 1.11 bits per heavy atom. The van der Waals surface area contributed by atoms with Crippen LogP contribution in [0.15, 0.2) is 60.9 Å². The molecule has 2 fully saturated rings. The number of pyridine rings is 1. The van der Waals surface area contributed by atoms with Crippen LogP contribution in [0.25, 0.3) is 11.1 Å². The molecule has 5 rings (SSSR count). The fraction of sp³-hybridized carbons (Fsp3) is 0.433. The second-order valence-electron chi connectivity index (χ2n) is 10.2. The molecule has 2 N–H and O–H groups in total. The Balaban J connectivity index is 1.35. The molecule has 1 heterocycles. The molecule has 35 heavy (non-hydrogen) atoms. The molecule has 1 aromatic heterocycles. The summed E-state index contributed by atoms with van der Waals surface area (Å²) in [7, 11) is 2.01. The molecule has 0 radical (unpaired) electrons. The van der Waals surface area contributed by atoms with E-state index in [-0.39, 0.29) is 5.54 Å². The number of hydrogen-bond acceptors (Lipinski definition) is 4. The van der Waals surface area contributed by atoms with Gasteiger partial charge in [0.05, 0.1) is 6.10 Å². The molecule has 1 atom stereocenters. The molecule has 2 saturated carbocycles. The van der Waals surface area contributed by atoms with Gasteiger partial charge in [-0.1, -0.05) is 48.9 Å². The number of ether oxygens (including phenoxy) is 1. The van der Waals surface area contributed by atoms with Gasteiger partial charge in [-0.05, 0) is 98.5 Å². The molecule has 5 heteroatoms. The van der Waals surface area contributed by atoms with E-state index >= 15 is 0 Å². The first-order valence-corrected chi connectivity index (χ1v) is 13.4. The van der Waals surface area contributed by atoms with Crippen molar-refractivity contribution in [3.63, 3.8) is 0 Å². The van der Waals surface area contributed by atoms with Gasteiger partial charge in [-0.25, -0.2) is 0 Å². The van der Waals surface area contributed by atoms with Crippen LogP contribution >= 0.6 is 11.6 Å². The third-order valence-corrected chi connectivity index (χ3v) is 7.77. The second-order valence-corrected chi connectivity index (χ2v) is 10.6. The second kappa shape index (κ2) is 10.7. The largest absolute Gasteiger partial charge is 0.490 e. The summed E-state index contributed by atoms with van der Waals surface area (Å²) in [4.78, 5) is 4.51. The number of aromatic nitrogens is 1. The van der Waals surface area contributed by atoms with Gasteiger partial charge in [-0.2, -0.15) is 0 Å². The Labute approximate surface area is 214 Å². The van der Waals surface area contributed by atoms with E-state index < -0.39 is 0 Å². The van der Waals surface area contributed by atoms with Gasteiger partial charge in [-0.15, -0.1) is 0 Å². The van der Waals surface area contributed by atoms with Crippen molar-refractivity contribution in [2.75, 3.05) is 13.6 Å². The van der Waals surface area contributed by atoms with Crippen molar-refractivity contribution in [2.24, 2.45) is 0 Å². The molecule has 3 aromatic rings. The van der Waals surface area contributed by atoms with Crippen molar-refractivity contribution >= 4 is 11.6 Å². The van der Waals surface area contributed by atoms with E-state index in [9.17, 15) is 0 Å². The highest BCUT2D eigenvalue weighted by atomic mass is 35.5. The molecule has 184 valence electrons. The number of hydrogen-bond donors (Lipinski definition) is 2. The smallest absolute Gasteiger partial charge is 0.127 e. The van der Waals surface area contributed by atoms with E-state index in [0.717, 1.165) is 55.1 Å². The van der Waals surface area contributed by atoms with Crippen molar-refractivity contribution in [1.82, 2.24) is 15.6 Å². The number of para-hydroxylation sites is 1. The Kier molecular flexibility index (Phi) is 7.43. The maximum atomic E-state index is 6.65. The van der Waals surface area contributed by atoms with Crippen LogP contribution in [0.2, 0.25) is 5.02 Å². The third kappa shape index (κ3) is 5.72. The first kappa shape index (κ1) is 24.3. The minimum Gasteiger partial charge on any atom is -0.490 e. The van der Waals surface area contributed by atoms with Gasteiger partial charge in [0.2, 0.25) is 0 Å². The fourth-order valence-electron chi connectivity index (χ4n) is 4.89. The van der Waals surface area contributed by atoms with Crippen LogP contribution in [0.4, 0.5) is 0 Å². The number of benzene rings is 2. The standard InChI is InChI=1S/C30H36ClN3O/c1-21(6-5-16-32-2)22-9-12-28(31)23(18-22)19-34-30(14-15-30)27-20-33-17-13-25(27)26-7-3-4-8-29(26)35-24-10-11-24/h3-4,7-9,12-13,17-18,20-21,24,32,34H,5-6,10-11,14-16,19H2,1-2H3. The Morgan fingerprint density at radius 2 is 1.94 bits per heavy atom. The predicted octanol–water partition coefficient (Wildman–Crippen LogP) is 6.83. The van der Waals surface area contributed by atoms with Gasteiger partial charge in [-0.3, -0.25) is 4.98 Å². The van der Waals surface area contributed by atoms with Gasteiger partial charge in [0, 0.05) is 35.1 Å². The lowest BCUT2D eigenvalue weighted by molar-refractivity contribution is 0.304. The van der Waals surface area contributed by atoms with E-state index in [4.69, 9.17) is 16.3 Å². The van der Waals surface area contributed by atoms with Crippen LogP contribution in [-0.2, 0) is 12.1 Å². The lowest BCUT2D eigenvalue weighted by atomic mass is 9.93. The average molecular weight is 490 g/mol. The minimum absolute atomic E-state index is 0.0754. The molecule has 2 aliphatic carbocycles. The van der Waals surface area contributed by atoms with Gasteiger partial charge >= 0.3 is 0 Å². The number of nitrogens with one attached hydrogen (secondary N) is 2. The molecule has 0 bridgehead atoms. The minimum atomic E-state index is -0.0754. The van der Waals surface area contributed by atoms with Crippen molar-refractivity contribution in [3.8, 4) is 16.9 Å². The molecule has 2 aromatic carbocycles. The quantitative estimate of drug-likeness (QED) is 0.274. The normalized spacial score (nSPS) is 17.2. The predicted molar refractivity (Wildman–Crippen MR) is 144 cm³/mol. The molecule has 0 amide bonds. The van der Waals surface area contributed by atoms with Crippen molar-refractivity contribution in [1.29, 1.82) is 0 Å². The van der Waals surface area contributed by atoms with E-state index in [2.05, 4.69) is 71.1 Å². The van der Waals surface area contributed by atoms with Crippen LogP contribution in [0.3, 0.4) is 0 Å². The van der Waals surface area contributed by atoms with Crippen molar-refractivity contribution in [3.05, 3.63) is 82.6 Å². The monoisotopic (exact) mass is 489 g/mol. The van der Waals surface area contributed by atoms with E-state index in [1.165, 1.54) is 35.1 Å². The summed E-state index contributed by atoms with van der Waals surface area (Å²) in [6.07, 6.45) is 11.1. The van der Waals surface area contributed by atoms with E-state index in [1.807, 2.05) is 19.4 Å². The van der Waals surface area contributed by atoms with Crippen LogP contribution in [0.1, 0.15) is 68.1 Å². The van der Waals surface area contributed by atoms with Crippen molar-refractivity contribution < 1.29 is 4.74 Å². The van der Waals surface area contributed by atoms with Gasteiger partial charge in [0.15, 0.2) is 0 Å². The topological polar surface area (TPSA) is 46.2 Å². The molecular formula is C30H36ClN3O. The van der Waals surface area contributed by atoms with E-state index in [0.29, 0.717) is 12.0 Å². The number of rotatable bonds is 12. The number of halogens is 1. The van der Waals surface area contributed by atoms with Crippen LogP contribution in [-0.4, -0.2) is 24.7 Å². The Hall–Kier alpha value is -2.40. The highest BCUT2D eigenvalue weighted by Crippen LogP contribution is 2.50. The molecule has 0 aliphatic heterocycles. The highest BCUT2D eigenvalue weighted by Gasteiger charge is 2.45. The molecule has 2 aliphatic rings. The number of nitrogens with zero attached hydrogens (tertiary/aromatic N) is 1. The summed E-state index contributed by atoms with van der Waals surface area (Å²) in [6.45, 7) is 4.10. The summed E-state index contributed by atoms with van der Waals surface area (Å²) < 4.78 is 6.25. The van der Waals surface area contributed by atoms with Gasteiger partial charge < -0.3 is 15.4 Å². The third-order valence-electron chi connectivity index (χ3n) is 7.40. The fourth-order valence-corrected chi connectivity index (χ4v) is 5.07. The molecule has 0 spiro atoms. The SMILES string of the molecule is CNCCCC(C)c1ccc(Cl)c(CNC2(c3cnccc3-c3ccccc3OC3CC3)CC2)c1. The van der Waals surface area contributed by atoms with Crippen LogP contribution in [0, 0.1) is 0 Å². The van der Waals surface area contributed by atoms with Gasteiger partial charge in [0.1, 0.15) is 5.75 Å². The molecular weight excluding hydrogens is 454 g/mol. The summed E-state index contributed by atoms with van der Waals surface area (Å²) in [5.74, 6) is 1.49. The lowest BCUT2D eigenvalue weighted by Gasteiger charge is -2.23. The molecule has 0 saturated heterocycles. The first-order valence-electron chi connectivity index (χ1n) is 13.0. The van der Waals surface area contributed by atoms with Crippen LogP contribution in [0.5, 0.6) is 5.75 Å². The first-order chi connectivity index (χ1) is 17.1. The molecule has 4 nitrogen and oxygen atoms in total. The van der Waals surface area contributed by atoms with Crippen LogP contribution < -0.4 is 15.4 Å². The highest BCUT2D eigenvalue weighted by molar-refractivity contribution is 6.31. The average Bonchev–Trinajstić information content (AvgIpc) is 3.81. The zero-order valence-electron chi connectivity index (χ0n) is 20.8. The molecule has 1 unspecified atom stereocenters. The summed E-state index contributed by atoms with van der Waals surface area (Å²) >= 11 is 6.65. The lowest BCUT2D eigenvalue weighted by Crippen LogP contribution is -2.29.